The van der Waals surface area contributed by atoms with Crippen LogP contribution < -0.4 is 19.1 Å². The summed E-state index contributed by atoms with van der Waals surface area (Å²) in [4.78, 5) is 12.9. The van der Waals surface area contributed by atoms with Crippen LogP contribution in [-0.4, -0.2) is 28.2 Å². The molecule has 3 aromatic rings. The van der Waals surface area contributed by atoms with Gasteiger partial charge < -0.3 is 14.8 Å². The molecule has 0 atom stereocenters. The highest BCUT2D eigenvalue weighted by atomic mass is 32.2. The summed E-state index contributed by atoms with van der Waals surface area (Å²) in [6, 6.07) is 16.8. The topological polar surface area (TPSA) is 84.9 Å². The minimum atomic E-state index is -3.71. The molecule has 4 rings (SSSR count). The number of nitrogens with zero attached hydrogens (tertiary/aromatic N) is 1. The Morgan fingerprint density at radius 2 is 1.65 bits per heavy atom. The van der Waals surface area contributed by atoms with E-state index < -0.39 is 10.0 Å². The van der Waals surface area contributed by atoms with Crippen LogP contribution in [0, 0.1) is 13.8 Å². The number of benzene rings is 3. The van der Waals surface area contributed by atoms with Gasteiger partial charge in [-0.15, -0.1) is 0 Å². The van der Waals surface area contributed by atoms with Crippen molar-refractivity contribution in [2.45, 2.75) is 18.7 Å². The summed E-state index contributed by atoms with van der Waals surface area (Å²) in [6.45, 7) is 3.83. The average molecular weight is 439 g/mol. The molecule has 31 heavy (non-hydrogen) atoms. The fourth-order valence-electron chi connectivity index (χ4n) is 3.33. The maximum atomic E-state index is 13.0. The third-order valence-electron chi connectivity index (χ3n) is 5.11. The Balaban J connectivity index is 1.54. The molecule has 1 aliphatic rings. The standard InChI is InChI=1S/C23H22N2O5S/c1-15-4-8-19(9-5-15)31(27,28)25(3)20-10-6-17(12-16(20)2)23(26)24-18-7-11-21-22(13-18)30-14-29-21/h4-13H,14H2,1-3H3,(H,24,26). The van der Waals surface area contributed by atoms with Crippen LogP contribution in [0.1, 0.15) is 21.5 Å². The van der Waals surface area contributed by atoms with Crippen molar-refractivity contribution in [3.05, 3.63) is 77.4 Å². The van der Waals surface area contributed by atoms with Crippen molar-refractivity contribution in [3.8, 4) is 11.5 Å². The fourth-order valence-corrected chi connectivity index (χ4v) is 4.59. The number of anilines is 2. The molecule has 0 spiro atoms. The Bertz CT molecular complexity index is 1250. The van der Waals surface area contributed by atoms with Gasteiger partial charge in [0.1, 0.15) is 0 Å². The lowest BCUT2D eigenvalue weighted by Gasteiger charge is -2.22. The van der Waals surface area contributed by atoms with Crippen molar-refractivity contribution in [2.75, 3.05) is 23.5 Å². The van der Waals surface area contributed by atoms with E-state index in [0.717, 1.165) is 5.56 Å². The number of nitrogens with one attached hydrogen (secondary N) is 1. The third-order valence-corrected chi connectivity index (χ3v) is 6.89. The van der Waals surface area contributed by atoms with E-state index in [1.807, 2.05) is 6.92 Å². The first-order chi connectivity index (χ1) is 14.8. The molecular formula is C23H22N2O5S. The van der Waals surface area contributed by atoms with E-state index in [1.165, 1.54) is 11.4 Å². The lowest BCUT2D eigenvalue weighted by molar-refractivity contribution is 0.102. The first kappa shape index (κ1) is 20.7. The zero-order valence-corrected chi connectivity index (χ0v) is 18.2. The molecule has 0 aromatic heterocycles. The molecule has 0 saturated carbocycles. The van der Waals surface area contributed by atoms with Crippen molar-refractivity contribution in [1.29, 1.82) is 0 Å². The van der Waals surface area contributed by atoms with Crippen LogP contribution >= 0.6 is 0 Å². The van der Waals surface area contributed by atoms with Crippen molar-refractivity contribution >= 4 is 27.3 Å². The molecule has 1 N–H and O–H groups in total. The number of hydrogen-bond donors (Lipinski definition) is 1. The summed E-state index contributed by atoms with van der Waals surface area (Å²) in [6.07, 6.45) is 0. The highest BCUT2D eigenvalue weighted by Crippen LogP contribution is 2.34. The van der Waals surface area contributed by atoms with Crippen LogP contribution in [0.15, 0.2) is 65.6 Å². The van der Waals surface area contributed by atoms with Gasteiger partial charge in [-0.3, -0.25) is 9.10 Å². The fraction of sp³-hybridized carbons (Fsp3) is 0.174. The van der Waals surface area contributed by atoms with E-state index in [9.17, 15) is 13.2 Å². The molecule has 0 fully saturated rings. The second-order valence-electron chi connectivity index (χ2n) is 7.31. The molecule has 1 amide bonds. The monoisotopic (exact) mass is 438 g/mol. The van der Waals surface area contributed by atoms with Gasteiger partial charge in [-0.2, -0.15) is 0 Å². The van der Waals surface area contributed by atoms with Crippen LogP contribution in [0.3, 0.4) is 0 Å². The highest BCUT2D eigenvalue weighted by molar-refractivity contribution is 7.92. The van der Waals surface area contributed by atoms with E-state index in [4.69, 9.17) is 9.47 Å². The van der Waals surface area contributed by atoms with Crippen molar-refractivity contribution in [3.63, 3.8) is 0 Å². The molecule has 0 bridgehead atoms. The number of amides is 1. The third kappa shape index (κ3) is 4.06. The van der Waals surface area contributed by atoms with E-state index in [2.05, 4.69) is 5.32 Å². The number of aryl methyl sites for hydroxylation is 2. The van der Waals surface area contributed by atoms with Gasteiger partial charge in [0.05, 0.1) is 10.6 Å². The quantitative estimate of drug-likeness (QED) is 0.648. The summed E-state index contributed by atoms with van der Waals surface area (Å²) >= 11 is 0. The molecule has 3 aromatic carbocycles. The van der Waals surface area contributed by atoms with Gasteiger partial charge >= 0.3 is 0 Å². The Morgan fingerprint density at radius 1 is 0.935 bits per heavy atom. The number of hydrogen-bond acceptors (Lipinski definition) is 5. The lowest BCUT2D eigenvalue weighted by Crippen LogP contribution is -2.27. The maximum Gasteiger partial charge on any atom is 0.264 e. The van der Waals surface area contributed by atoms with Crippen LogP contribution in [0.2, 0.25) is 0 Å². The Morgan fingerprint density at radius 3 is 2.35 bits per heavy atom. The number of carbonyl (C=O) groups is 1. The largest absolute Gasteiger partial charge is 0.454 e. The molecule has 0 aliphatic carbocycles. The van der Waals surface area contributed by atoms with Crippen LogP contribution in [0.25, 0.3) is 0 Å². The molecule has 7 nitrogen and oxygen atoms in total. The molecule has 160 valence electrons. The van der Waals surface area contributed by atoms with E-state index in [1.54, 1.807) is 67.6 Å². The van der Waals surface area contributed by atoms with Crippen molar-refractivity contribution in [1.82, 2.24) is 0 Å². The predicted molar refractivity (Wildman–Crippen MR) is 118 cm³/mol. The number of fused-ring (bicyclic) bond motifs is 1. The Labute approximate surface area is 181 Å². The summed E-state index contributed by atoms with van der Waals surface area (Å²) in [5, 5.41) is 2.82. The number of sulfonamides is 1. The normalized spacial score (nSPS) is 12.5. The average Bonchev–Trinajstić information content (AvgIpc) is 3.21. The number of ether oxygens (including phenoxy) is 2. The first-order valence-electron chi connectivity index (χ1n) is 9.63. The van der Waals surface area contributed by atoms with E-state index >= 15 is 0 Å². The Hall–Kier alpha value is -3.52. The van der Waals surface area contributed by atoms with Crippen LogP contribution in [-0.2, 0) is 10.0 Å². The van der Waals surface area contributed by atoms with Gasteiger partial charge in [0, 0.05) is 24.4 Å². The highest BCUT2D eigenvalue weighted by Gasteiger charge is 2.23. The van der Waals surface area contributed by atoms with Crippen molar-refractivity contribution in [2.24, 2.45) is 0 Å². The molecule has 1 aliphatic heterocycles. The van der Waals surface area contributed by atoms with Crippen LogP contribution in [0.5, 0.6) is 11.5 Å². The molecule has 0 unspecified atom stereocenters. The van der Waals surface area contributed by atoms with Gasteiger partial charge in [-0.05, 0) is 61.9 Å². The first-order valence-corrected chi connectivity index (χ1v) is 11.1. The molecular weight excluding hydrogens is 416 g/mol. The minimum absolute atomic E-state index is 0.159. The smallest absolute Gasteiger partial charge is 0.264 e. The summed E-state index contributed by atoms with van der Waals surface area (Å²) in [7, 11) is -2.21. The van der Waals surface area contributed by atoms with Gasteiger partial charge in [-0.1, -0.05) is 17.7 Å². The SMILES string of the molecule is Cc1ccc(S(=O)(=O)N(C)c2ccc(C(=O)Nc3ccc4c(c3)OCO4)cc2C)cc1. The summed E-state index contributed by atoms with van der Waals surface area (Å²) < 4.78 is 37.8. The zero-order chi connectivity index (χ0) is 22.2. The lowest BCUT2D eigenvalue weighted by atomic mass is 10.1. The zero-order valence-electron chi connectivity index (χ0n) is 17.4. The van der Waals surface area contributed by atoms with Gasteiger partial charge in [0.2, 0.25) is 6.79 Å². The minimum Gasteiger partial charge on any atom is -0.454 e. The van der Waals surface area contributed by atoms with Gasteiger partial charge in [-0.25, -0.2) is 8.42 Å². The predicted octanol–water partition coefficient (Wildman–Crippen LogP) is 4.11. The van der Waals surface area contributed by atoms with E-state index in [-0.39, 0.29) is 17.6 Å². The molecule has 0 radical (unpaired) electrons. The second kappa shape index (κ2) is 7.96. The molecule has 0 saturated heterocycles. The van der Waals surface area contributed by atoms with Crippen molar-refractivity contribution < 1.29 is 22.7 Å². The van der Waals surface area contributed by atoms with Gasteiger partial charge in [0.25, 0.3) is 15.9 Å². The van der Waals surface area contributed by atoms with Gasteiger partial charge in [0.15, 0.2) is 11.5 Å². The summed E-state index contributed by atoms with van der Waals surface area (Å²) in [5.41, 5.74) is 3.14. The number of rotatable bonds is 5. The molecule has 1 heterocycles. The molecule has 8 heteroatoms. The maximum absolute atomic E-state index is 13.0. The van der Waals surface area contributed by atoms with E-state index in [0.29, 0.717) is 34.0 Å². The Kier molecular flexibility index (Phi) is 5.32. The second-order valence-corrected chi connectivity index (χ2v) is 9.28. The number of carbonyl (C=O) groups excluding carboxylic acids is 1. The van der Waals surface area contributed by atoms with Crippen LogP contribution in [0.4, 0.5) is 11.4 Å². The summed E-state index contributed by atoms with van der Waals surface area (Å²) in [5.74, 6) is 0.904.